The fraction of sp³-hybridized carbons (Fsp3) is 0.0667. The van der Waals surface area contributed by atoms with Gasteiger partial charge in [0.2, 0.25) is 0 Å². The van der Waals surface area contributed by atoms with Crippen LogP contribution in [-0.2, 0) is 6.61 Å². The van der Waals surface area contributed by atoms with Crippen LogP contribution >= 0.6 is 0 Å². The van der Waals surface area contributed by atoms with Crippen molar-refractivity contribution in [3.05, 3.63) is 65.0 Å². The first kappa shape index (κ1) is 13.6. The van der Waals surface area contributed by atoms with Crippen molar-refractivity contribution in [2.75, 3.05) is 0 Å². The quantitative estimate of drug-likeness (QED) is 0.928. The molecule has 0 saturated carbocycles. The van der Waals surface area contributed by atoms with E-state index in [1.165, 1.54) is 18.2 Å². The summed E-state index contributed by atoms with van der Waals surface area (Å²) in [6.07, 6.45) is 0. The lowest BCUT2D eigenvalue weighted by atomic mass is 10.1. The van der Waals surface area contributed by atoms with Gasteiger partial charge < -0.3 is 9.84 Å². The Bertz CT molecular complexity index is 692. The molecule has 0 aliphatic heterocycles. The monoisotopic (exact) mass is 271 g/mol. The fourth-order valence-corrected chi connectivity index (χ4v) is 1.63. The lowest BCUT2D eigenvalue weighted by molar-refractivity contribution is 0.0696. The van der Waals surface area contributed by atoms with Crippen molar-refractivity contribution in [1.29, 1.82) is 5.26 Å². The number of nitrogens with zero attached hydrogens (tertiary/aromatic N) is 1. The summed E-state index contributed by atoms with van der Waals surface area (Å²) in [6.45, 7) is -0.109. The van der Waals surface area contributed by atoms with Gasteiger partial charge in [0, 0.05) is 5.56 Å². The molecule has 2 aromatic carbocycles. The van der Waals surface area contributed by atoms with Gasteiger partial charge in [-0.15, -0.1) is 0 Å². The molecule has 0 amide bonds. The third-order valence-electron chi connectivity index (χ3n) is 2.65. The SMILES string of the molecule is N#Cc1cccc(OCc2cc(C(=O)O)ccc2F)c1. The van der Waals surface area contributed by atoms with E-state index in [9.17, 15) is 9.18 Å². The lowest BCUT2D eigenvalue weighted by Gasteiger charge is -2.08. The largest absolute Gasteiger partial charge is 0.489 e. The molecule has 0 unspecified atom stereocenters. The molecule has 20 heavy (non-hydrogen) atoms. The van der Waals surface area contributed by atoms with Gasteiger partial charge in [-0.1, -0.05) is 6.07 Å². The van der Waals surface area contributed by atoms with E-state index in [2.05, 4.69) is 0 Å². The molecule has 0 saturated heterocycles. The van der Waals surface area contributed by atoms with Crippen molar-refractivity contribution < 1.29 is 19.0 Å². The maximum absolute atomic E-state index is 13.6. The first-order chi connectivity index (χ1) is 9.60. The Labute approximate surface area is 114 Å². The Morgan fingerprint density at radius 3 is 2.80 bits per heavy atom. The van der Waals surface area contributed by atoms with Crippen molar-refractivity contribution in [3.8, 4) is 11.8 Å². The molecule has 2 aromatic rings. The second kappa shape index (κ2) is 5.85. The summed E-state index contributed by atoms with van der Waals surface area (Å²) in [6, 6.07) is 11.9. The van der Waals surface area contributed by atoms with Gasteiger partial charge in [0.1, 0.15) is 18.2 Å². The van der Waals surface area contributed by atoms with Gasteiger partial charge in [0.05, 0.1) is 17.2 Å². The predicted molar refractivity (Wildman–Crippen MR) is 68.8 cm³/mol. The molecule has 100 valence electrons. The Balaban J connectivity index is 2.16. The summed E-state index contributed by atoms with van der Waals surface area (Å²) in [5.41, 5.74) is 0.574. The zero-order valence-electron chi connectivity index (χ0n) is 10.3. The maximum Gasteiger partial charge on any atom is 0.335 e. The van der Waals surface area contributed by atoms with Crippen LogP contribution in [0.25, 0.3) is 0 Å². The summed E-state index contributed by atoms with van der Waals surface area (Å²) in [7, 11) is 0. The van der Waals surface area contributed by atoms with Crippen LogP contribution in [0.5, 0.6) is 5.75 Å². The van der Waals surface area contributed by atoms with Crippen molar-refractivity contribution in [1.82, 2.24) is 0 Å². The maximum atomic E-state index is 13.6. The summed E-state index contributed by atoms with van der Waals surface area (Å²) in [5, 5.41) is 17.6. The van der Waals surface area contributed by atoms with Crippen LogP contribution in [0.15, 0.2) is 42.5 Å². The number of carbonyl (C=O) groups is 1. The fourth-order valence-electron chi connectivity index (χ4n) is 1.63. The van der Waals surface area contributed by atoms with Crippen molar-refractivity contribution in [2.24, 2.45) is 0 Å². The molecule has 0 aliphatic carbocycles. The number of aromatic carboxylic acids is 1. The minimum atomic E-state index is -1.13. The predicted octanol–water partition coefficient (Wildman–Crippen LogP) is 2.97. The molecular weight excluding hydrogens is 261 g/mol. The third-order valence-corrected chi connectivity index (χ3v) is 2.65. The average molecular weight is 271 g/mol. The van der Waals surface area contributed by atoms with Gasteiger partial charge in [-0.2, -0.15) is 5.26 Å². The lowest BCUT2D eigenvalue weighted by Crippen LogP contribution is -2.03. The Hall–Kier alpha value is -2.87. The number of halogens is 1. The van der Waals surface area contributed by atoms with Crippen LogP contribution in [0.1, 0.15) is 21.5 Å². The second-order valence-corrected chi connectivity index (χ2v) is 4.04. The van der Waals surface area contributed by atoms with Crippen LogP contribution in [0.3, 0.4) is 0 Å². The Morgan fingerprint density at radius 1 is 1.30 bits per heavy atom. The molecule has 4 nitrogen and oxygen atoms in total. The van der Waals surface area contributed by atoms with Gasteiger partial charge in [-0.05, 0) is 36.4 Å². The Kier molecular flexibility index (Phi) is 3.96. The molecular formula is C15H10FNO3. The van der Waals surface area contributed by atoms with Crippen LogP contribution in [-0.4, -0.2) is 11.1 Å². The van der Waals surface area contributed by atoms with Crippen molar-refractivity contribution in [2.45, 2.75) is 6.61 Å². The van der Waals surface area contributed by atoms with Gasteiger partial charge in [-0.25, -0.2) is 9.18 Å². The van der Waals surface area contributed by atoms with E-state index in [1.807, 2.05) is 6.07 Å². The number of carboxylic acids is 1. The smallest absolute Gasteiger partial charge is 0.335 e. The van der Waals surface area contributed by atoms with Crippen molar-refractivity contribution in [3.63, 3.8) is 0 Å². The highest BCUT2D eigenvalue weighted by atomic mass is 19.1. The van der Waals surface area contributed by atoms with E-state index in [-0.39, 0.29) is 17.7 Å². The topological polar surface area (TPSA) is 70.3 Å². The minimum Gasteiger partial charge on any atom is -0.489 e. The minimum absolute atomic E-state index is 0.00391. The number of benzene rings is 2. The molecule has 1 N–H and O–H groups in total. The molecule has 0 radical (unpaired) electrons. The summed E-state index contributed by atoms with van der Waals surface area (Å²) in [4.78, 5) is 10.8. The first-order valence-electron chi connectivity index (χ1n) is 5.75. The zero-order chi connectivity index (χ0) is 14.5. The molecule has 0 spiro atoms. The van der Waals surface area contributed by atoms with Gasteiger partial charge in [-0.3, -0.25) is 0 Å². The van der Waals surface area contributed by atoms with Gasteiger partial charge >= 0.3 is 5.97 Å². The highest BCUT2D eigenvalue weighted by Crippen LogP contribution is 2.17. The number of ether oxygens (including phenoxy) is 1. The number of carboxylic acid groups (broad SMARTS) is 1. The highest BCUT2D eigenvalue weighted by molar-refractivity contribution is 5.87. The number of nitriles is 1. The summed E-state index contributed by atoms with van der Waals surface area (Å²) < 4.78 is 18.9. The molecule has 0 fully saturated rings. The van der Waals surface area contributed by atoms with Crippen molar-refractivity contribution >= 4 is 5.97 Å². The van der Waals surface area contributed by atoms with Crippen LogP contribution < -0.4 is 4.74 Å². The molecule has 0 heterocycles. The van der Waals surface area contributed by atoms with E-state index < -0.39 is 11.8 Å². The van der Waals surface area contributed by atoms with E-state index in [4.69, 9.17) is 15.1 Å². The van der Waals surface area contributed by atoms with E-state index in [1.54, 1.807) is 18.2 Å². The molecule has 0 bridgehead atoms. The molecule has 0 aliphatic rings. The summed E-state index contributed by atoms with van der Waals surface area (Å²) in [5.74, 6) is -1.24. The Morgan fingerprint density at radius 2 is 2.10 bits per heavy atom. The molecule has 2 rings (SSSR count). The molecule has 5 heteroatoms. The van der Waals surface area contributed by atoms with E-state index in [0.717, 1.165) is 6.07 Å². The second-order valence-electron chi connectivity index (χ2n) is 4.04. The van der Waals surface area contributed by atoms with Gasteiger partial charge in [0.15, 0.2) is 0 Å². The molecule has 0 atom stereocenters. The normalized spacial score (nSPS) is 9.80. The summed E-state index contributed by atoms with van der Waals surface area (Å²) >= 11 is 0. The average Bonchev–Trinajstić information content (AvgIpc) is 2.46. The van der Waals surface area contributed by atoms with Crippen LogP contribution in [0.4, 0.5) is 4.39 Å². The zero-order valence-corrected chi connectivity index (χ0v) is 10.3. The standard InChI is InChI=1S/C15H10FNO3/c16-14-5-4-11(15(18)19)7-12(14)9-20-13-3-1-2-10(6-13)8-17/h1-7H,9H2,(H,18,19). The first-order valence-corrected chi connectivity index (χ1v) is 5.75. The number of hydrogen-bond acceptors (Lipinski definition) is 3. The number of rotatable bonds is 4. The highest BCUT2D eigenvalue weighted by Gasteiger charge is 2.09. The van der Waals surface area contributed by atoms with Crippen LogP contribution in [0, 0.1) is 17.1 Å². The van der Waals surface area contributed by atoms with E-state index >= 15 is 0 Å². The van der Waals surface area contributed by atoms with Gasteiger partial charge in [0.25, 0.3) is 0 Å². The number of hydrogen-bond donors (Lipinski definition) is 1. The molecule has 0 aromatic heterocycles. The van der Waals surface area contributed by atoms with E-state index in [0.29, 0.717) is 11.3 Å². The van der Waals surface area contributed by atoms with Crippen LogP contribution in [0.2, 0.25) is 0 Å². The third kappa shape index (κ3) is 3.12.